The van der Waals surface area contributed by atoms with Crippen molar-refractivity contribution in [1.82, 2.24) is 0 Å². The van der Waals surface area contributed by atoms with E-state index in [1.165, 1.54) is 44.9 Å². The van der Waals surface area contributed by atoms with Crippen molar-refractivity contribution < 1.29 is 9.13 Å². The molecular weight excluding hydrogens is 347 g/mol. The van der Waals surface area contributed by atoms with Crippen LogP contribution in [0.15, 0.2) is 0 Å². The van der Waals surface area contributed by atoms with Crippen LogP contribution in [0.1, 0.15) is 106 Å². The van der Waals surface area contributed by atoms with Crippen LogP contribution in [0.3, 0.4) is 0 Å². The van der Waals surface area contributed by atoms with Crippen molar-refractivity contribution in [2.75, 3.05) is 0 Å². The molecule has 0 aromatic heterocycles. The maximum absolute atomic E-state index is 12.8. The van der Waals surface area contributed by atoms with Gasteiger partial charge in [0.25, 0.3) is 0 Å². The van der Waals surface area contributed by atoms with Gasteiger partial charge in [-0.2, -0.15) is 0 Å². The highest BCUT2D eigenvalue weighted by Crippen LogP contribution is 2.42. The third-order valence-corrected chi connectivity index (χ3v) is 9.09. The van der Waals surface area contributed by atoms with Crippen molar-refractivity contribution >= 4 is 0 Å². The Morgan fingerprint density at radius 1 is 0.643 bits per heavy atom. The van der Waals surface area contributed by atoms with Gasteiger partial charge in [0.1, 0.15) is 6.17 Å². The maximum atomic E-state index is 12.8. The normalized spacial score (nSPS) is 47.6. The molecule has 0 N–H and O–H groups in total. The van der Waals surface area contributed by atoms with Gasteiger partial charge in [0.15, 0.2) is 0 Å². The SMILES string of the molecule is CC1C2CCC(O2)C1C.CC1CCCC(F)C1C.CCC1CCCC(C)C1C. The lowest BCUT2D eigenvalue weighted by Crippen LogP contribution is -2.24. The van der Waals surface area contributed by atoms with Crippen LogP contribution in [-0.4, -0.2) is 18.4 Å². The van der Waals surface area contributed by atoms with Gasteiger partial charge in [-0.15, -0.1) is 0 Å². The molecule has 4 fully saturated rings. The highest BCUT2D eigenvalue weighted by molar-refractivity contribution is 4.91. The Morgan fingerprint density at radius 2 is 1.14 bits per heavy atom. The lowest BCUT2D eigenvalue weighted by Gasteiger charge is -2.33. The molecule has 2 aliphatic heterocycles. The molecule has 166 valence electrons. The summed E-state index contributed by atoms with van der Waals surface area (Å²) < 4.78 is 18.5. The van der Waals surface area contributed by atoms with Crippen LogP contribution in [0.2, 0.25) is 0 Å². The molecule has 0 amide bonds. The van der Waals surface area contributed by atoms with E-state index in [2.05, 4.69) is 41.5 Å². The van der Waals surface area contributed by atoms with E-state index < -0.39 is 6.17 Å². The van der Waals surface area contributed by atoms with Crippen molar-refractivity contribution in [2.24, 2.45) is 41.4 Å². The van der Waals surface area contributed by atoms with Gasteiger partial charge in [0.2, 0.25) is 0 Å². The zero-order valence-electron chi connectivity index (χ0n) is 19.9. The third kappa shape index (κ3) is 6.19. The predicted octanol–water partition coefficient (Wildman–Crippen LogP) is 8.07. The molecule has 4 rings (SSSR count). The predicted molar refractivity (Wildman–Crippen MR) is 119 cm³/mol. The van der Waals surface area contributed by atoms with E-state index in [1.54, 1.807) is 0 Å². The van der Waals surface area contributed by atoms with Crippen LogP contribution in [0, 0.1) is 41.4 Å². The molecule has 2 saturated heterocycles. The molecule has 2 bridgehead atoms. The topological polar surface area (TPSA) is 9.23 Å². The standard InChI is InChI=1S/C10H20.C8H15F.C8H14O/c1-4-10-7-5-6-8(2)9(10)3;1-6-4-3-5-8(9)7(6)2;1-5-6(2)8-4-3-7(5)9-8/h8-10H,4-7H2,1-3H3;6-8H,3-5H2,1-2H3;5-8H,3-4H2,1-2H3. The first-order valence-corrected chi connectivity index (χ1v) is 12.6. The summed E-state index contributed by atoms with van der Waals surface area (Å²) in [6.07, 6.45) is 12.3. The molecule has 1 nitrogen and oxygen atoms in total. The smallest absolute Gasteiger partial charge is 0.103 e. The first-order chi connectivity index (χ1) is 13.3. The Kier molecular flexibility index (Phi) is 9.77. The average molecular weight is 397 g/mol. The highest BCUT2D eigenvalue weighted by atomic mass is 19.1. The Balaban J connectivity index is 0.000000150. The molecule has 10 unspecified atom stereocenters. The molecule has 4 aliphatic rings. The van der Waals surface area contributed by atoms with Gasteiger partial charge in [0, 0.05) is 0 Å². The summed E-state index contributed by atoms with van der Waals surface area (Å²) in [5.41, 5.74) is 0. The van der Waals surface area contributed by atoms with Crippen LogP contribution >= 0.6 is 0 Å². The first-order valence-electron chi connectivity index (χ1n) is 12.6. The molecule has 0 aromatic rings. The third-order valence-electron chi connectivity index (χ3n) is 9.09. The molecule has 10 atom stereocenters. The van der Waals surface area contributed by atoms with Gasteiger partial charge >= 0.3 is 0 Å². The minimum absolute atomic E-state index is 0.304. The number of ether oxygens (including phenoxy) is 1. The van der Waals surface area contributed by atoms with Gasteiger partial charge in [-0.3, -0.25) is 0 Å². The summed E-state index contributed by atoms with van der Waals surface area (Å²) in [6, 6.07) is 0. The number of hydrogen-bond donors (Lipinski definition) is 0. The average Bonchev–Trinajstić information content (AvgIpc) is 3.27. The lowest BCUT2D eigenvalue weighted by atomic mass is 9.73. The van der Waals surface area contributed by atoms with Crippen molar-refractivity contribution in [3.8, 4) is 0 Å². The molecule has 2 heterocycles. The van der Waals surface area contributed by atoms with Gasteiger partial charge in [-0.05, 0) is 60.7 Å². The number of alkyl halides is 1. The minimum Gasteiger partial charge on any atom is -0.374 e. The van der Waals surface area contributed by atoms with Crippen molar-refractivity contribution in [3.05, 3.63) is 0 Å². The van der Waals surface area contributed by atoms with Crippen LogP contribution in [0.5, 0.6) is 0 Å². The molecule has 2 saturated carbocycles. The van der Waals surface area contributed by atoms with Gasteiger partial charge in [0.05, 0.1) is 12.2 Å². The number of hydrogen-bond acceptors (Lipinski definition) is 1. The molecule has 2 aliphatic carbocycles. The van der Waals surface area contributed by atoms with Crippen molar-refractivity contribution in [2.45, 2.75) is 125 Å². The first kappa shape index (κ1) is 24.2. The summed E-state index contributed by atoms with van der Waals surface area (Å²) in [4.78, 5) is 0. The van der Waals surface area contributed by atoms with E-state index in [9.17, 15) is 4.39 Å². The fourth-order valence-electron chi connectivity index (χ4n) is 5.93. The molecule has 0 radical (unpaired) electrons. The second-order valence-electron chi connectivity index (χ2n) is 10.7. The Labute approximate surface area is 175 Å². The molecule has 2 heteroatoms. The van der Waals surface area contributed by atoms with Gasteiger partial charge in [-0.1, -0.05) is 87.0 Å². The van der Waals surface area contributed by atoms with E-state index >= 15 is 0 Å². The molecule has 28 heavy (non-hydrogen) atoms. The van der Waals surface area contributed by atoms with E-state index in [4.69, 9.17) is 4.74 Å². The molecular formula is C26H49FO. The Morgan fingerprint density at radius 3 is 1.50 bits per heavy atom. The Bertz CT molecular complexity index is 410. The maximum Gasteiger partial charge on any atom is 0.103 e. The van der Waals surface area contributed by atoms with E-state index in [1.807, 2.05) is 6.92 Å². The highest BCUT2D eigenvalue weighted by Gasteiger charge is 2.43. The number of fused-ring (bicyclic) bond motifs is 2. The van der Waals surface area contributed by atoms with Crippen molar-refractivity contribution in [1.29, 1.82) is 0 Å². The van der Waals surface area contributed by atoms with Gasteiger partial charge in [-0.25, -0.2) is 4.39 Å². The number of halogens is 1. The van der Waals surface area contributed by atoms with E-state index in [-0.39, 0.29) is 0 Å². The number of rotatable bonds is 1. The summed E-state index contributed by atoms with van der Waals surface area (Å²) in [5.74, 6) is 5.56. The summed E-state index contributed by atoms with van der Waals surface area (Å²) in [5, 5.41) is 0. The minimum atomic E-state index is -0.520. The fraction of sp³-hybridized carbons (Fsp3) is 1.00. The monoisotopic (exact) mass is 396 g/mol. The summed E-state index contributed by atoms with van der Waals surface area (Å²) >= 11 is 0. The Hall–Kier alpha value is -0.110. The van der Waals surface area contributed by atoms with Crippen LogP contribution < -0.4 is 0 Å². The second-order valence-corrected chi connectivity index (χ2v) is 10.7. The second kappa shape index (κ2) is 11.3. The summed E-state index contributed by atoms with van der Waals surface area (Å²) in [6.45, 7) is 16.0. The van der Waals surface area contributed by atoms with Gasteiger partial charge < -0.3 is 4.74 Å². The fourth-order valence-corrected chi connectivity index (χ4v) is 5.93. The quantitative estimate of drug-likeness (QED) is 0.435. The lowest BCUT2D eigenvalue weighted by molar-refractivity contribution is 0.0897. The summed E-state index contributed by atoms with van der Waals surface area (Å²) in [7, 11) is 0. The molecule has 0 aromatic carbocycles. The zero-order valence-corrected chi connectivity index (χ0v) is 19.9. The molecule has 0 spiro atoms. The van der Waals surface area contributed by atoms with E-state index in [0.717, 1.165) is 42.4 Å². The van der Waals surface area contributed by atoms with Crippen LogP contribution in [0.25, 0.3) is 0 Å². The largest absolute Gasteiger partial charge is 0.374 e. The van der Waals surface area contributed by atoms with Crippen LogP contribution in [0.4, 0.5) is 4.39 Å². The van der Waals surface area contributed by atoms with Crippen LogP contribution in [-0.2, 0) is 4.74 Å². The zero-order chi connectivity index (χ0) is 20.8. The van der Waals surface area contributed by atoms with E-state index in [0.29, 0.717) is 24.0 Å². The van der Waals surface area contributed by atoms with Crippen molar-refractivity contribution in [3.63, 3.8) is 0 Å².